The molecule has 3 fully saturated rings. The summed E-state index contributed by atoms with van der Waals surface area (Å²) in [6.45, 7) is 13.5. The molecular formula is C36H48N2O8S. The molecule has 0 unspecified atom stereocenters. The number of hydrogen-bond donors (Lipinski definition) is 1. The van der Waals surface area contributed by atoms with Crippen LogP contribution in [0.15, 0.2) is 54.6 Å². The van der Waals surface area contributed by atoms with E-state index in [9.17, 15) is 23.1 Å². The molecule has 0 radical (unpaired) electrons. The van der Waals surface area contributed by atoms with Crippen LogP contribution in [0.5, 0.6) is 5.75 Å². The van der Waals surface area contributed by atoms with Gasteiger partial charge in [0.1, 0.15) is 12.4 Å². The van der Waals surface area contributed by atoms with Gasteiger partial charge in [-0.25, -0.2) is 22.3 Å². The van der Waals surface area contributed by atoms with Crippen molar-refractivity contribution < 1.29 is 37.3 Å². The fourth-order valence-electron chi connectivity index (χ4n) is 7.18. The second kappa shape index (κ2) is 14.8. The highest BCUT2D eigenvalue weighted by molar-refractivity contribution is 7.89. The standard InChI is InChI=1S/C36H48N2O8S/c1-23(2)27-17-25(5)34(32(19-27)44-22-33(39)40)35-30(24(3)4)18-28-20-38(16-13-31(28)46-35)47(42,43)29-11-14-37(15-12-29)36(41)45-21-26-9-7-6-8-10-26/h6-10,17,19,23,28-31,35H,3,11-16,18,20-22H2,1-2,4-5H3,(H,39,40)/t28-,30-,31+,35+/m1/s1. The quantitative estimate of drug-likeness (QED) is 0.304. The number of likely N-dealkylation sites (tertiary alicyclic amines) is 1. The van der Waals surface area contributed by atoms with E-state index in [0.29, 0.717) is 57.6 Å². The van der Waals surface area contributed by atoms with Gasteiger partial charge in [-0.05, 0) is 74.1 Å². The van der Waals surface area contributed by atoms with Gasteiger partial charge in [-0.15, -0.1) is 0 Å². The van der Waals surface area contributed by atoms with Gasteiger partial charge in [-0.1, -0.05) is 62.4 Å². The lowest BCUT2D eigenvalue weighted by Gasteiger charge is -2.48. The molecule has 11 heteroatoms. The van der Waals surface area contributed by atoms with Crippen molar-refractivity contribution in [2.24, 2.45) is 11.8 Å². The lowest BCUT2D eigenvalue weighted by atomic mass is 9.75. The van der Waals surface area contributed by atoms with Gasteiger partial charge in [0.25, 0.3) is 0 Å². The van der Waals surface area contributed by atoms with Gasteiger partial charge < -0.3 is 24.2 Å². The average molecular weight is 669 g/mol. The molecule has 3 heterocycles. The molecule has 47 heavy (non-hydrogen) atoms. The molecule has 0 saturated carbocycles. The van der Waals surface area contributed by atoms with Crippen molar-refractivity contribution in [1.82, 2.24) is 9.21 Å². The smallest absolute Gasteiger partial charge is 0.410 e. The lowest BCUT2D eigenvalue weighted by molar-refractivity contribution is -0.139. The summed E-state index contributed by atoms with van der Waals surface area (Å²) in [6, 6.07) is 13.5. The highest BCUT2D eigenvalue weighted by atomic mass is 32.2. The number of ether oxygens (including phenoxy) is 3. The molecule has 1 N–H and O–H groups in total. The first-order valence-electron chi connectivity index (χ1n) is 16.6. The van der Waals surface area contributed by atoms with Crippen molar-refractivity contribution in [3.63, 3.8) is 0 Å². The van der Waals surface area contributed by atoms with Gasteiger partial charge in [0.05, 0.1) is 17.5 Å². The highest BCUT2D eigenvalue weighted by Gasteiger charge is 2.46. The number of amides is 1. The second-order valence-corrected chi connectivity index (χ2v) is 15.8. The predicted octanol–water partition coefficient (Wildman–Crippen LogP) is 6.06. The summed E-state index contributed by atoms with van der Waals surface area (Å²) >= 11 is 0. The number of carboxylic acid groups (broad SMARTS) is 1. The summed E-state index contributed by atoms with van der Waals surface area (Å²) < 4.78 is 47.5. The van der Waals surface area contributed by atoms with Gasteiger partial charge in [-0.3, -0.25) is 0 Å². The topological polar surface area (TPSA) is 123 Å². The van der Waals surface area contributed by atoms with Crippen LogP contribution < -0.4 is 4.74 Å². The molecule has 3 aliphatic heterocycles. The number of rotatable bonds is 10. The van der Waals surface area contributed by atoms with E-state index in [-0.39, 0.29) is 36.6 Å². The largest absolute Gasteiger partial charge is 0.482 e. The molecule has 10 nitrogen and oxygen atoms in total. The minimum atomic E-state index is -3.58. The Morgan fingerprint density at radius 2 is 1.79 bits per heavy atom. The van der Waals surface area contributed by atoms with Crippen LogP contribution in [0.3, 0.4) is 0 Å². The summed E-state index contributed by atoms with van der Waals surface area (Å²) in [4.78, 5) is 25.7. The van der Waals surface area contributed by atoms with E-state index in [2.05, 4.69) is 26.5 Å². The van der Waals surface area contributed by atoms with Crippen LogP contribution >= 0.6 is 0 Å². The van der Waals surface area contributed by atoms with Gasteiger partial charge >= 0.3 is 12.1 Å². The molecule has 0 spiro atoms. The highest BCUT2D eigenvalue weighted by Crippen LogP contribution is 2.49. The van der Waals surface area contributed by atoms with E-state index in [0.717, 1.165) is 27.8 Å². The van der Waals surface area contributed by atoms with E-state index < -0.39 is 33.9 Å². The zero-order valence-corrected chi connectivity index (χ0v) is 28.7. The molecule has 2 aromatic carbocycles. The Balaban J connectivity index is 1.25. The number of fused-ring (bicyclic) bond motifs is 1. The Hall–Kier alpha value is -3.41. The minimum absolute atomic E-state index is 0.0110. The van der Waals surface area contributed by atoms with Crippen LogP contribution in [0.2, 0.25) is 0 Å². The van der Waals surface area contributed by atoms with E-state index >= 15 is 0 Å². The zero-order chi connectivity index (χ0) is 33.9. The molecule has 0 aliphatic carbocycles. The van der Waals surface area contributed by atoms with E-state index in [1.165, 1.54) is 0 Å². The Morgan fingerprint density at radius 3 is 2.43 bits per heavy atom. The van der Waals surface area contributed by atoms with Crippen LogP contribution in [0.4, 0.5) is 4.79 Å². The third-order valence-electron chi connectivity index (χ3n) is 9.86. The number of aryl methyl sites for hydroxylation is 1. The second-order valence-electron chi connectivity index (χ2n) is 13.5. The van der Waals surface area contributed by atoms with Crippen molar-refractivity contribution in [2.75, 3.05) is 32.8 Å². The van der Waals surface area contributed by atoms with E-state index in [4.69, 9.17) is 14.2 Å². The van der Waals surface area contributed by atoms with Gasteiger partial charge in [0.15, 0.2) is 6.61 Å². The molecule has 2 aromatic rings. The van der Waals surface area contributed by atoms with E-state index in [1.807, 2.05) is 50.2 Å². The summed E-state index contributed by atoms with van der Waals surface area (Å²) in [7, 11) is -3.58. The van der Waals surface area contributed by atoms with Gasteiger partial charge in [0, 0.05) is 37.7 Å². The number of nitrogens with zero attached hydrogens (tertiary/aromatic N) is 2. The number of hydrogen-bond acceptors (Lipinski definition) is 7. The minimum Gasteiger partial charge on any atom is -0.482 e. The first-order valence-corrected chi connectivity index (χ1v) is 18.1. The number of carbonyl (C=O) groups excluding carboxylic acids is 1. The number of sulfonamides is 1. The maximum absolute atomic E-state index is 13.9. The Bertz CT molecular complexity index is 1550. The molecule has 3 aliphatic rings. The molecule has 0 aromatic heterocycles. The molecule has 1 amide bonds. The van der Waals surface area contributed by atoms with Crippen LogP contribution in [0.1, 0.15) is 80.7 Å². The molecule has 256 valence electrons. The summed E-state index contributed by atoms with van der Waals surface area (Å²) in [6.07, 6.45) is 1.04. The van der Waals surface area contributed by atoms with Crippen molar-refractivity contribution >= 4 is 22.1 Å². The Kier molecular flexibility index (Phi) is 11.0. The Morgan fingerprint density at radius 1 is 1.09 bits per heavy atom. The molecular weight excluding hydrogens is 620 g/mol. The van der Waals surface area contributed by atoms with Crippen molar-refractivity contribution in [3.05, 3.63) is 76.9 Å². The van der Waals surface area contributed by atoms with Crippen LogP contribution in [-0.4, -0.2) is 78.9 Å². The maximum atomic E-state index is 13.9. The number of carboxylic acids is 1. The Labute approximate surface area is 278 Å². The lowest BCUT2D eigenvalue weighted by Crippen LogP contribution is -2.54. The summed E-state index contributed by atoms with van der Waals surface area (Å²) in [5.74, 6) is -0.411. The normalized spacial score (nSPS) is 24.1. The number of aliphatic carboxylic acids is 1. The first kappa shape index (κ1) is 34.9. The van der Waals surface area contributed by atoms with Crippen molar-refractivity contribution in [2.45, 2.75) is 83.4 Å². The van der Waals surface area contributed by atoms with Gasteiger partial charge in [-0.2, -0.15) is 0 Å². The molecule has 3 saturated heterocycles. The summed E-state index contributed by atoms with van der Waals surface area (Å²) in [5.41, 5.74) is 4.70. The van der Waals surface area contributed by atoms with Crippen molar-refractivity contribution in [1.29, 1.82) is 0 Å². The molecule has 4 atom stereocenters. The van der Waals surface area contributed by atoms with Crippen LogP contribution in [0, 0.1) is 18.8 Å². The first-order chi connectivity index (χ1) is 22.3. The fourth-order valence-corrected chi connectivity index (χ4v) is 9.17. The van der Waals surface area contributed by atoms with Crippen molar-refractivity contribution in [3.8, 4) is 5.75 Å². The van der Waals surface area contributed by atoms with Gasteiger partial charge in [0.2, 0.25) is 10.0 Å². The molecule has 0 bridgehead atoms. The SMILES string of the molecule is C=C(C)[C@H]1C[C@@H]2CN(S(=O)(=O)C3CCN(C(=O)OCc4ccccc4)CC3)CC[C@@H]2O[C@@H]1c1c(C)cc(C(C)C)cc1OCC(=O)O. The predicted molar refractivity (Wildman–Crippen MR) is 179 cm³/mol. The van der Waals surface area contributed by atoms with Crippen LogP contribution in [0.25, 0.3) is 0 Å². The van der Waals surface area contributed by atoms with Crippen LogP contribution in [-0.2, 0) is 30.9 Å². The number of carbonyl (C=O) groups is 2. The monoisotopic (exact) mass is 668 g/mol. The third-order valence-corrected chi connectivity index (χ3v) is 12.2. The van der Waals surface area contributed by atoms with E-state index in [1.54, 1.807) is 9.21 Å². The molecule has 5 rings (SSSR count). The average Bonchev–Trinajstić information content (AvgIpc) is 3.05. The third kappa shape index (κ3) is 8.01. The zero-order valence-electron chi connectivity index (χ0n) is 27.9. The maximum Gasteiger partial charge on any atom is 0.410 e. The number of benzene rings is 2. The number of piperidine rings is 2. The fraction of sp³-hybridized carbons (Fsp3) is 0.556. The summed E-state index contributed by atoms with van der Waals surface area (Å²) in [5, 5.41) is 8.80.